The lowest BCUT2D eigenvalue weighted by Crippen LogP contribution is -2.32. The molecule has 1 fully saturated rings. The quantitative estimate of drug-likeness (QED) is 0.669. The van der Waals surface area contributed by atoms with Crippen LogP contribution >= 0.6 is 11.6 Å². The average molecular weight is 376 g/mol. The van der Waals surface area contributed by atoms with Crippen LogP contribution in [0.4, 0.5) is 0 Å². The van der Waals surface area contributed by atoms with Gasteiger partial charge in [-0.2, -0.15) is 0 Å². The van der Waals surface area contributed by atoms with Crippen LogP contribution in [0.15, 0.2) is 17.0 Å². The highest BCUT2D eigenvalue weighted by atomic mass is 35.5. The van der Waals surface area contributed by atoms with E-state index < -0.39 is 10.0 Å². The lowest BCUT2D eigenvalue weighted by Gasteiger charge is -2.16. The lowest BCUT2D eigenvalue weighted by atomic mass is 10.2. The fraction of sp³-hybridized carbons (Fsp3) is 0.647. The molecule has 24 heavy (non-hydrogen) atoms. The summed E-state index contributed by atoms with van der Waals surface area (Å²) >= 11 is 6.13. The fourth-order valence-electron chi connectivity index (χ4n) is 2.58. The maximum absolute atomic E-state index is 12.7. The first-order valence-corrected chi connectivity index (χ1v) is 10.3. The molecule has 2 rings (SSSR count). The minimum absolute atomic E-state index is 0.0605. The molecule has 5 nitrogen and oxygen atoms in total. The summed E-state index contributed by atoms with van der Waals surface area (Å²) in [6.07, 6.45) is 4.80. The van der Waals surface area contributed by atoms with Crippen LogP contribution in [-0.2, 0) is 14.8 Å². The molecule has 7 heteroatoms. The van der Waals surface area contributed by atoms with Crippen molar-refractivity contribution in [3.63, 3.8) is 0 Å². The zero-order valence-corrected chi connectivity index (χ0v) is 15.9. The molecule has 0 aliphatic carbocycles. The van der Waals surface area contributed by atoms with Crippen LogP contribution in [-0.4, -0.2) is 34.3 Å². The molecule has 0 aromatic heterocycles. The van der Waals surface area contributed by atoms with Crippen molar-refractivity contribution in [3.8, 4) is 5.75 Å². The zero-order chi connectivity index (χ0) is 17.6. The van der Waals surface area contributed by atoms with Gasteiger partial charge in [0.2, 0.25) is 10.0 Å². The van der Waals surface area contributed by atoms with Crippen molar-refractivity contribution in [1.82, 2.24) is 4.72 Å². The number of unbranched alkanes of at least 4 members (excludes halogenated alkanes) is 2. The summed E-state index contributed by atoms with van der Waals surface area (Å²) in [5.41, 5.74) is 0.792. The summed E-state index contributed by atoms with van der Waals surface area (Å²) in [4.78, 5) is 0.0904. The van der Waals surface area contributed by atoms with E-state index in [4.69, 9.17) is 21.1 Å². The van der Waals surface area contributed by atoms with Crippen LogP contribution in [0.1, 0.15) is 44.6 Å². The van der Waals surface area contributed by atoms with E-state index in [1.165, 1.54) is 6.07 Å². The highest BCUT2D eigenvalue weighted by Crippen LogP contribution is 2.30. The molecule has 0 amide bonds. The van der Waals surface area contributed by atoms with Crippen molar-refractivity contribution < 1.29 is 17.9 Å². The maximum Gasteiger partial charge on any atom is 0.244 e. The van der Waals surface area contributed by atoms with Crippen molar-refractivity contribution in [1.29, 1.82) is 0 Å². The molecule has 1 N–H and O–H groups in total. The summed E-state index contributed by atoms with van der Waals surface area (Å²) in [6, 6.07) is 3.15. The Labute approximate surface area is 149 Å². The molecular formula is C17H26ClNO4S. The molecule has 136 valence electrons. The van der Waals surface area contributed by atoms with Gasteiger partial charge in [0, 0.05) is 18.2 Å². The molecule has 1 heterocycles. The molecule has 1 aromatic rings. The second-order valence-corrected chi connectivity index (χ2v) is 8.23. The van der Waals surface area contributed by atoms with E-state index in [0.29, 0.717) is 24.0 Å². The van der Waals surface area contributed by atoms with E-state index in [2.05, 4.69) is 11.6 Å². The van der Waals surface area contributed by atoms with Gasteiger partial charge in [-0.3, -0.25) is 0 Å². The Bertz CT molecular complexity index is 642. The number of rotatable bonds is 9. The zero-order valence-electron chi connectivity index (χ0n) is 14.3. The Kier molecular flexibility index (Phi) is 7.34. The third-order valence-electron chi connectivity index (χ3n) is 4.04. The van der Waals surface area contributed by atoms with Crippen LogP contribution in [0.5, 0.6) is 5.75 Å². The van der Waals surface area contributed by atoms with Crippen LogP contribution in [0.3, 0.4) is 0 Å². The Hall–Kier alpha value is -0.820. The predicted molar refractivity (Wildman–Crippen MR) is 95.4 cm³/mol. The predicted octanol–water partition coefficient (Wildman–Crippen LogP) is 3.67. The fourth-order valence-corrected chi connectivity index (χ4v) is 4.02. The lowest BCUT2D eigenvalue weighted by molar-refractivity contribution is 0.114. The number of benzene rings is 1. The first-order chi connectivity index (χ1) is 11.4. The van der Waals surface area contributed by atoms with Crippen LogP contribution in [0.2, 0.25) is 5.02 Å². The average Bonchev–Trinajstić information content (AvgIpc) is 3.06. The van der Waals surface area contributed by atoms with Crippen LogP contribution < -0.4 is 9.46 Å². The smallest absolute Gasteiger partial charge is 0.244 e. The summed E-state index contributed by atoms with van der Waals surface area (Å²) < 4.78 is 39.1. The van der Waals surface area contributed by atoms with E-state index in [1.807, 2.05) is 6.92 Å². The van der Waals surface area contributed by atoms with Gasteiger partial charge in [-0.25, -0.2) is 13.1 Å². The monoisotopic (exact) mass is 375 g/mol. The molecular weight excluding hydrogens is 350 g/mol. The Morgan fingerprint density at radius 2 is 2.17 bits per heavy atom. The first kappa shape index (κ1) is 19.5. The van der Waals surface area contributed by atoms with Gasteiger partial charge in [-0.15, -0.1) is 0 Å². The van der Waals surface area contributed by atoms with Crippen LogP contribution in [0, 0.1) is 6.92 Å². The summed E-state index contributed by atoms with van der Waals surface area (Å²) in [5.74, 6) is 0.354. The van der Waals surface area contributed by atoms with Crippen molar-refractivity contribution in [3.05, 3.63) is 22.7 Å². The highest BCUT2D eigenvalue weighted by Gasteiger charge is 2.24. The van der Waals surface area contributed by atoms with Gasteiger partial charge in [0.25, 0.3) is 0 Å². The minimum atomic E-state index is -3.70. The van der Waals surface area contributed by atoms with Gasteiger partial charge in [0.15, 0.2) is 0 Å². The maximum atomic E-state index is 12.7. The summed E-state index contributed by atoms with van der Waals surface area (Å²) in [6.45, 7) is 5.38. The third-order valence-corrected chi connectivity index (χ3v) is 5.90. The number of aryl methyl sites for hydroxylation is 1. The van der Waals surface area contributed by atoms with Gasteiger partial charge < -0.3 is 9.47 Å². The molecule has 1 aromatic carbocycles. The molecule has 0 spiro atoms. The summed E-state index contributed by atoms with van der Waals surface area (Å²) in [5, 5.41) is 0.411. The van der Waals surface area contributed by atoms with Gasteiger partial charge in [-0.1, -0.05) is 31.4 Å². The van der Waals surface area contributed by atoms with Crippen molar-refractivity contribution in [2.45, 2.75) is 57.0 Å². The second-order valence-electron chi connectivity index (χ2n) is 6.09. The summed E-state index contributed by atoms with van der Waals surface area (Å²) in [7, 11) is -3.70. The van der Waals surface area contributed by atoms with E-state index in [1.54, 1.807) is 6.07 Å². The van der Waals surface area contributed by atoms with Gasteiger partial charge in [0.1, 0.15) is 10.6 Å². The molecule has 1 aliphatic heterocycles. The number of hydrogen-bond donors (Lipinski definition) is 1. The number of hydrogen-bond acceptors (Lipinski definition) is 4. The molecule has 1 atom stereocenters. The van der Waals surface area contributed by atoms with E-state index in [0.717, 1.165) is 37.7 Å². The van der Waals surface area contributed by atoms with Crippen molar-refractivity contribution in [2.75, 3.05) is 19.8 Å². The Balaban J connectivity index is 2.13. The molecule has 1 saturated heterocycles. The SMILES string of the molecule is CCCCCOc1cc(C)c(Cl)cc1S(=O)(=O)NC[C@@H]1CCCO1. The normalized spacial score (nSPS) is 18.0. The molecule has 0 unspecified atom stereocenters. The molecule has 0 bridgehead atoms. The molecule has 0 radical (unpaired) electrons. The largest absolute Gasteiger partial charge is 0.492 e. The van der Waals surface area contributed by atoms with Crippen molar-refractivity contribution >= 4 is 21.6 Å². The van der Waals surface area contributed by atoms with Gasteiger partial charge in [-0.05, 0) is 43.9 Å². The molecule has 0 saturated carbocycles. The highest BCUT2D eigenvalue weighted by molar-refractivity contribution is 7.89. The van der Waals surface area contributed by atoms with E-state index in [-0.39, 0.29) is 17.5 Å². The minimum Gasteiger partial charge on any atom is -0.492 e. The number of ether oxygens (including phenoxy) is 2. The first-order valence-electron chi connectivity index (χ1n) is 8.48. The van der Waals surface area contributed by atoms with E-state index >= 15 is 0 Å². The Morgan fingerprint density at radius 1 is 1.38 bits per heavy atom. The molecule has 1 aliphatic rings. The van der Waals surface area contributed by atoms with Crippen molar-refractivity contribution in [2.24, 2.45) is 0 Å². The van der Waals surface area contributed by atoms with Gasteiger partial charge in [0.05, 0.1) is 12.7 Å². The number of nitrogens with one attached hydrogen (secondary N) is 1. The third kappa shape index (κ3) is 5.34. The Morgan fingerprint density at radius 3 is 2.83 bits per heavy atom. The van der Waals surface area contributed by atoms with E-state index in [9.17, 15) is 8.42 Å². The van der Waals surface area contributed by atoms with Gasteiger partial charge >= 0.3 is 0 Å². The second kappa shape index (κ2) is 9.04. The number of sulfonamides is 1. The topological polar surface area (TPSA) is 64.6 Å². The number of halogens is 1. The van der Waals surface area contributed by atoms with Crippen LogP contribution in [0.25, 0.3) is 0 Å². The standard InChI is InChI=1S/C17H26ClNO4S/c1-3-4-5-8-23-16-10-13(2)15(18)11-17(16)24(20,21)19-12-14-7-6-9-22-14/h10-11,14,19H,3-9,12H2,1-2H3/t14-/m0/s1.